The molecule has 114 valence electrons. The van der Waals surface area contributed by atoms with Crippen molar-refractivity contribution in [2.45, 2.75) is 58.0 Å². The Kier molecular flexibility index (Phi) is 6.89. The highest BCUT2D eigenvalue weighted by Crippen LogP contribution is 2.28. The van der Waals surface area contributed by atoms with Gasteiger partial charge in [0.25, 0.3) is 0 Å². The fourth-order valence-electron chi connectivity index (χ4n) is 2.28. The highest BCUT2D eigenvalue weighted by atomic mass is 19.4. The van der Waals surface area contributed by atoms with Crippen molar-refractivity contribution in [2.24, 2.45) is 0 Å². The standard InChI is InChI=1S/C16H23F3O/c1-3-5-7-13(6-4-2)14-8-10-15(11-9-14)20-12-16(17,18)19/h8-11,13H,3-7,12H2,1-2H3. The van der Waals surface area contributed by atoms with Gasteiger partial charge in [0.2, 0.25) is 0 Å². The molecule has 0 radical (unpaired) electrons. The number of halogens is 3. The van der Waals surface area contributed by atoms with E-state index in [-0.39, 0.29) is 5.75 Å². The predicted octanol–water partition coefficient (Wildman–Crippen LogP) is 5.70. The molecule has 0 saturated carbocycles. The third-order valence-corrected chi connectivity index (χ3v) is 3.30. The largest absolute Gasteiger partial charge is 0.484 e. The smallest absolute Gasteiger partial charge is 0.422 e. The lowest BCUT2D eigenvalue weighted by molar-refractivity contribution is -0.153. The van der Waals surface area contributed by atoms with E-state index in [1.165, 1.54) is 12.0 Å². The molecule has 1 unspecified atom stereocenters. The molecule has 1 rings (SSSR count). The molecule has 1 atom stereocenters. The van der Waals surface area contributed by atoms with E-state index in [9.17, 15) is 13.2 Å². The number of unbranched alkanes of at least 4 members (excludes halogenated alkanes) is 1. The maximum atomic E-state index is 12.1. The first-order valence-electron chi connectivity index (χ1n) is 7.25. The van der Waals surface area contributed by atoms with E-state index >= 15 is 0 Å². The van der Waals surface area contributed by atoms with Gasteiger partial charge in [-0.25, -0.2) is 0 Å². The van der Waals surface area contributed by atoms with Gasteiger partial charge in [-0.05, 0) is 36.5 Å². The molecule has 1 aromatic carbocycles. The molecule has 0 aliphatic heterocycles. The quantitative estimate of drug-likeness (QED) is 0.596. The van der Waals surface area contributed by atoms with Crippen molar-refractivity contribution < 1.29 is 17.9 Å². The topological polar surface area (TPSA) is 9.23 Å². The van der Waals surface area contributed by atoms with Gasteiger partial charge in [-0.2, -0.15) is 13.2 Å². The van der Waals surface area contributed by atoms with Crippen molar-refractivity contribution in [2.75, 3.05) is 6.61 Å². The van der Waals surface area contributed by atoms with Crippen molar-refractivity contribution in [3.05, 3.63) is 29.8 Å². The van der Waals surface area contributed by atoms with E-state index in [2.05, 4.69) is 13.8 Å². The average molecular weight is 288 g/mol. The van der Waals surface area contributed by atoms with Crippen LogP contribution in [0.5, 0.6) is 5.75 Å². The Morgan fingerprint density at radius 3 is 2.15 bits per heavy atom. The molecule has 0 amide bonds. The second kappa shape index (κ2) is 8.18. The first-order chi connectivity index (χ1) is 9.46. The lowest BCUT2D eigenvalue weighted by Gasteiger charge is -2.17. The highest BCUT2D eigenvalue weighted by Gasteiger charge is 2.28. The van der Waals surface area contributed by atoms with Crippen LogP contribution in [0.2, 0.25) is 0 Å². The number of alkyl halides is 3. The summed E-state index contributed by atoms with van der Waals surface area (Å²) in [6.45, 7) is 3.08. The first kappa shape index (κ1) is 16.9. The van der Waals surface area contributed by atoms with Crippen LogP contribution in [-0.2, 0) is 0 Å². The normalized spacial score (nSPS) is 13.2. The zero-order valence-electron chi connectivity index (χ0n) is 12.2. The van der Waals surface area contributed by atoms with Gasteiger partial charge in [0.15, 0.2) is 6.61 Å². The molecule has 0 saturated heterocycles. The van der Waals surface area contributed by atoms with Crippen LogP contribution in [-0.4, -0.2) is 12.8 Å². The molecule has 0 fully saturated rings. The van der Waals surface area contributed by atoms with Crippen LogP contribution >= 0.6 is 0 Å². The minimum Gasteiger partial charge on any atom is -0.484 e. The fourth-order valence-corrected chi connectivity index (χ4v) is 2.28. The molecular weight excluding hydrogens is 265 g/mol. The lowest BCUT2D eigenvalue weighted by atomic mass is 9.90. The van der Waals surface area contributed by atoms with Gasteiger partial charge in [-0.3, -0.25) is 0 Å². The number of rotatable bonds is 8. The Labute approximate surface area is 119 Å². The monoisotopic (exact) mass is 288 g/mol. The van der Waals surface area contributed by atoms with Crippen LogP contribution in [0.4, 0.5) is 13.2 Å². The maximum Gasteiger partial charge on any atom is 0.422 e. The number of benzene rings is 1. The minimum atomic E-state index is -4.29. The van der Waals surface area contributed by atoms with E-state index in [1.54, 1.807) is 12.1 Å². The van der Waals surface area contributed by atoms with Crippen LogP contribution in [0.1, 0.15) is 57.4 Å². The third kappa shape index (κ3) is 6.31. The van der Waals surface area contributed by atoms with Gasteiger partial charge in [0, 0.05) is 0 Å². The summed E-state index contributed by atoms with van der Waals surface area (Å²) in [4.78, 5) is 0. The van der Waals surface area contributed by atoms with E-state index in [0.717, 1.165) is 25.7 Å². The van der Waals surface area contributed by atoms with Gasteiger partial charge in [-0.1, -0.05) is 45.2 Å². The zero-order valence-corrected chi connectivity index (χ0v) is 12.2. The van der Waals surface area contributed by atoms with E-state index < -0.39 is 12.8 Å². The van der Waals surface area contributed by atoms with E-state index in [0.29, 0.717) is 5.92 Å². The SMILES string of the molecule is CCCCC(CCC)c1ccc(OCC(F)(F)F)cc1. The molecular formula is C16H23F3O. The highest BCUT2D eigenvalue weighted by molar-refractivity contribution is 5.29. The summed E-state index contributed by atoms with van der Waals surface area (Å²) in [6, 6.07) is 7.05. The Bertz CT molecular complexity index is 370. The molecule has 1 aromatic rings. The Hall–Kier alpha value is -1.19. The number of hydrogen-bond donors (Lipinski definition) is 0. The number of ether oxygens (including phenoxy) is 1. The minimum absolute atomic E-state index is 0.275. The summed E-state index contributed by atoms with van der Waals surface area (Å²) in [7, 11) is 0. The molecule has 0 aliphatic carbocycles. The Balaban J connectivity index is 2.62. The number of hydrogen-bond acceptors (Lipinski definition) is 1. The van der Waals surface area contributed by atoms with Crippen LogP contribution < -0.4 is 4.74 Å². The van der Waals surface area contributed by atoms with E-state index in [4.69, 9.17) is 4.74 Å². The average Bonchev–Trinajstić information content (AvgIpc) is 2.41. The maximum absolute atomic E-state index is 12.1. The van der Waals surface area contributed by atoms with Crippen molar-refractivity contribution >= 4 is 0 Å². The molecule has 0 heterocycles. The molecule has 0 bridgehead atoms. The summed E-state index contributed by atoms with van der Waals surface area (Å²) in [5.41, 5.74) is 1.19. The molecule has 20 heavy (non-hydrogen) atoms. The third-order valence-electron chi connectivity index (χ3n) is 3.30. The summed E-state index contributed by atoms with van der Waals surface area (Å²) in [6.07, 6.45) is 1.41. The molecule has 1 nitrogen and oxygen atoms in total. The summed E-state index contributed by atoms with van der Waals surface area (Å²) < 4.78 is 40.9. The second-order valence-corrected chi connectivity index (χ2v) is 5.10. The molecule has 0 N–H and O–H groups in total. The zero-order chi connectivity index (χ0) is 15.0. The predicted molar refractivity (Wildman–Crippen MR) is 75.2 cm³/mol. The van der Waals surface area contributed by atoms with Crippen molar-refractivity contribution in [1.82, 2.24) is 0 Å². The molecule has 0 spiro atoms. The van der Waals surface area contributed by atoms with Crippen LogP contribution in [0.25, 0.3) is 0 Å². The van der Waals surface area contributed by atoms with Gasteiger partial charge in [0.05, 0.1) is 0 Å². The van der Waals surface area contributed by atoms with Gasteiger partial charge < -0.3 is 4.74 Å². The summed E-state index contributed by atoms with van der Waals surface area (Å²) in [5, 5.41) is 0. The fraction of sp³-hybridized carbons (Fsp3) is 0.625. The Morgan fingerprint density at radius 1 is 1.00 bits per heavy atom. The van der Waals surface area contributed by atoms with Crippen molar-refractivity contribution in [1.29, 1.82) is 0 Å². The van der Waals surface area contributed by atoms with Crippen LogP contribution in [0, 0.1) is 0 Å². The molecule has 0 aromatic heterocycles. The Morgan fingerprint density at radius 2 is 1.65 bits per heavy atom. The van der Waals surface area contributed by atoms with Gasteiger partial charge >= 0.3 is 6.18 Å². The van der Waals surface area contributed by atoms with Crippen LogP contribution in [0.3, 0.4) is 0 Å². The summed E-state index contributed by atoms with van der Waals surface area (Å²) in [5.74, 6) is 0.772. The molecule has 4 heteroatoms. The van der Waals surface area contributed by atoms with Crippen molar-refractivity contribution in [3.8, 4) is 5.75 Å². The van der Waals surface area contributed by atoms with Crippen LogP contribution in [0.15, 0.2) is 24.3 Å². The first-order valence-corrected chi connectivity index (χ1v) is 7.25. The lowest BCUT2D eigenvalue weighted by Crippen LogP contribution is -2.19. The summed E-state index contributed by atoms with van der Waals surface area (Å²) >= 11 is 0. The van der Waals surface area contributed by atoms with E-state index in [1.807, 2.05) is 12.1 Å². The van der Waals surface area contributed by atoms with Gasteiger partial charge in [-0.15, -0.1) is 0 Å². The van der Waals surface area contributed by atoms with Gasteiger partial charge in [0.1, 0.15) is 5.75 Å². The molecule has 0 aliphatic rings. The van der Waals surface area contributed by atoms with Crippen molar-refractivity contribution in [3.63, 3.8) is 0 Å². The second-order valence-electron chi connectivity index (χ2n) is 5.10.